The number of hydrogen-bond donors (Lipinski definition) is 2. The minimum absolute atomic E-state index is 0.528. The highest BCUT2D eigenvalue weighted by atomic mass is 15.0. The van der Waals surface area contributed by atoms with Crippen LogP contribution in [0.15, 0.2) is 30.6 Å². The van der Waals surface area contributed by atoms with Crippen LogP contribution in [-0.2, 0) is 6.54 Å². The van der Waals surface area contributed by atoms with Crippen LogP contribution in [0.3, 0.4) is 0 Å². The summed E-state index contributed by atoms with van der Waals surface area (Å²) in [4.78, 5) is 13.0. The van der Waals surface area contributed by atoms with Crippen LogP contribution in [0.5, 0.6) is 0 Å². The lowest BCUT2D eigenvalue weighted by molar-refractivity contribution is 0.438. The molecule has 5 heteroatoms. The number of aryl methyl sites for hydroxylation is 1. The largest absolute Gasteiger partial charge is 0.366 e. The van der Waals surface area contributed by atoms with Gasteiger partial charge in [-0.05, 0) is 18.6 Å². The van der Waals surface area contributed by atoms with Gasteiger partial charge in [0.2, 0.25) is 0 Å². The van der Waals surface area contributed by atoms with Crippen molar-refractivity contribution in [3.63, 3.8) is 0 Å². The molecule has 0 radical (unpaired) electrons. The van der Waals surface area contributed by atoms with E-state index in [4.69, 9.17) is 0 Å². The summed E-state index contributed by atoms with van der Waals surface area (Å²) < 4.78 is 0. The fraction of sp³-hybridized carbons (Fsp3) is 0.357. The van der Waals surface area contributed by atoms with Crippen LogP contribution in [0, 0.1) is 6.92 Å². The van der Waals surface area contributed by atoms with E-state index in [1.807, 2.05) is 25.3 Å². The third-order valence-electron chi connectivity index (χ3n) is 3.25. The summed E-state index contributed by atoms with van der Waals surface area (Å²) in [7, 11) is 0. The van der Waals surface area contributed by atoms with Crippen molar-refractivity contribution in [1.82, 2.24) is 20.3 Å². The minimum atomic E-state index is 0.528. The molecule has 3 rings (SSSR count). The van der Waals surface area contributed by atoms with Gasteiger partial charge in [-0.25, -0.2) is 9.97 Å². The fourth-order valence-corrected chi connectivity index (χ4v) is 2.08. The van der Waals surface area contributed by atoms with Gasteiger partial charge in [0.15, 0.2) is 0 Å². The lowest BCUT2D eigenvalue weighted by Gasteiger charge is -2.26. The van der Waals surface area contributed by atoms with Gasteiger partial charge in [-0.3, -0.25) is 4.98 Å². The predicted octanol–water partition coefficient (Wildman–Crippen LogP) is 1.48. The van der Waals surface area contributed by atoms with Gasteiger partial charge in [0.25, 0.3) is 0 Å². The molecule has 0 aromatic carbocycles. The molecule has 0 aliphatic carbocycles. The Labute approximate surface area is 112 Å². The van der Waals surface area contributed by atoms with E-state index in [9.17, 15) is 0 Å². The fourth-order valence-electron chi connectivity index (χ4n) is 2.08. The Hall–Kier alpha value is -2.01. The Kier molecular flexibility index (Phi) is 3.37. The van der Waals surface area contributed by atoms with Crippen LogP contribution >= 0.6 is 0 Å². The second-order valence-corrected chi connectivity index (χ2v) is 4.80. The molecule has 98 valence electrons. The highest BCUT2D eigenvalue weighted by Gasteiger charge is 2.21. The molecule has 0 saturated carbocycles. The molecular formula is C14H17N5. The van der Waals surface area contributed by atoms with Crippen LogP contribution in [0.25, 0.3) is 0 Å². The van der Waals surface area contributed by atoms with E-state index in [-0.39, 0.29) is 0 Å². The summed E-state index contributed by atoms with van der Waals surface area (Å²) in [6, 6.07) is 6.04. The third kappa shape index (κ3) is 2.88. The molecule has 2 N–H and O–H groups in total. The van der Waals surface area contributed by atoms with E-state index in [1.165, 1.54) is 0 Å². The maximum atomic E-state index is 4.51. The average Bonchev–Trinajstić information content (AvgIpc) is 2.35. The van der Waals surface area contributed by atoms with E-state index in [0.29, 0.717) is 5.92 Å². The zero-order chi connectivity index (χ0) is 13.1. The number of anilines is 1. The first-order valence-corrected chi connectivity index (χ1v) is 6.50. The van der Waals surface area contributed by atoms with Crippen LogP contribution < -0.4 is 10.6 Å². The quantitative estimate of drug-likeness (QED) is 0.866. The molecule has 1 aliphatic heterocycles. The Balaban J connectivity index is 1.71. The summed E-state index contributed by atoms with van der Waals surface area (Å²) in [6.45, 7) is 4.69. The molecule has 5 nitrogen and oxygen atoms in total. The number of hydrogen-bond acceptors (Lipinski definition) is 5. The molecule has 1 fully saturated rings. The van der Waals surface area contributed by atoms with Crippen LogP contribution in [0.1, 0.15) is 23.0 Å². The topological polar surface area (TPSA) is 62.7 Å². The summed E-state index contributed by atoms with van der Waals surface area (Å²) in [6.07, 6.45) is 3.64. The number of pyridine rings is 1. The monoisotopic (exact) mass is 255 g/mol. The van der Waals surface area contributed by atoms with Gasteiger partial charge in [0.05, 0.1) is 5.69 Å². The smallest absolute Gasteiger partial charge is 0.130 e. The number of rotatable bonds is 4. The highest BCUT2D eigenvalue weighted by molar-refractivity contribution is 5.38. The van der Waals surface area contributed by atoms with Crippen molar-refractivity contribution in [2.24, 2.45) is 0 Å². The van der Waals surface area contributed by atoms with Gasteiger partial charge in [0, 0.05) is 44.0 Å². The van der Waals surface area contributed by atoms with E-state index >= 15 is 0 Å². The van der Waals surface area contributed by atoms with Gasteiger partial charge in [-0.15, -0.1) is 0 Å². The summed E-state index contributed by atoms with van der Waals surface area (Å²) in [5, 5.41) is 6.60. The molecule has 19 heavy (non-hydrogen) atoms. The zero-order valence-corrected chi connectivity index (χ0v) is 10.9. The van der Waals surface area contributed by atoms with Crippen LogP contribution in [0.2, 0.25) is 0 Å². The van der Waals surface area contributed by atoms with Crippen molar-refractivity contribution in [3.05, 3.63) is 47.7 Å². The molecule has 0 bridgehead atoms. The molecule has 0 unspecified atom stereocenters. The minimum Gasteiger partial charge on any atom is -0.366 e. The SMILES string of the molecule is Cc1nc(NCc2cccnc2)cc(C2CNC2)n1. The molecule has 1 aliphatic rings. The van der Waals surface area contributed by atoms with Gasteiger partial charge in [-0.1, -0.05) is 6.07 Å². The maximum absolute atomic E-state index is 4.51. The van der Waals surface area contributed by atoms with Gasteiger partial charge < -0.3 is 10.6 Å². The summed E-state index contributed by atoms with van der Waals surface area (Å²) in [5.74, 6) is 2.23. The molecular weight excluding hydrogens is 238 g/mol. The molecule has 0 amide bonds. The lowest BCUT2D eigenvalue weighted by Crippen LogP contribution is -2.40. The van der Waals surface area contributed by atoms with E-state index in [0.717, 1.165) is 42.5 Å². The molecule has 1 saturated heterocycles. The van der Waals surface area contributed by atoms with Crippen LogP contribution in [-0.4, -0.2) is 28.0 Å². The normalized spacial score (nSPS) is 15.0. The number of nitrogens with zero attached hydrogens (tertiary/aromatic N) is 3. The van der Waals surface area contributed by atoms with Crippen molar-refractivity contribution < 1.29 is 0 Å². The number of nitrogens with one attached hydrogen (secondary N) is 2. The Morgan fingerprint density at radius 3 is 2.95 bits per heavy atom. The van der Waals surface area contributed by atoms with Gasteiger partial charge >= 0.3 is 0 Å². The van der Waals surface area contributed by atoms with E-state index in [1.54, 1.807) is 6.20 Å². The Morgan fingerprint density at radius 2 is 2.26 bits per heavy atom. The van der Waals surface area contributed by atoms with E-state index in [2.05, 4.69) is 31.7 Å². The van der Waals surface area contributed by atoms with Crippen molar-refractivity contribution in [1.29, 1.82) is 0 Å². The predicted molar refractivity (Wildman–Crippen MR) is 73.9 cm³/mol. The summed E-state index contributed by atoms with van der Waals surface area (Å²) >= 11 is 0. The second-order valence-electron chi connectivity index (χ2n) is 4.80. The van der Waals surface area contributed by atoms with Gasteiger partial charge in [-0.2, -0.15) is 0 Å². The van der Waals surface area contributed by atoms with E-state index < -0.39 is 0 Å². The summed E-state index contributed by atoms with van der Waals surface area (Å²) in [5.41, 5.74) is 2.27. The third-order valence-corrected chi connectivity index (χ3v) is 3.25. The first kappa shape index (κ1) is 12.0. The highest BCUT2D eigenvalue weighted by Crippen LogP contribution is 2.20. The van der Waals surface area contributed by atoms with Crippen molar-refractivity contribution in [2.75, 3.05) is 18.4 Å². The van der Waals surface area contributed by atoms with Crippen molar-refractivity contribution in [3.8, 4) is 0 Å². The molecule has 2 aromatic rings. The van der Waals surface area contributed by atoms with Crippen molar-refractivity contribution >= 4 is 5.82 Å². The lowest BCUT2D eigenvalue weighted by atomic mass is 9.99. The first-order chi connectivity index (χ1) is 9.31. The molecule has 3 heterocycles. The average molecular weight is 255 g/mol. The molecule has 0 atom stereocenters. The molecule has 2 aromatic heterocycles. The van der Waals surface area contributed by atoms with Crippen molar-refractivity contribution in [2.45, 2.75) is 19.4 Å². The number of aromatic nitrogens is 3. The zero-order valence-electron chi connectivity index (χ0n) is 10.9. The van der Waals surface area contributed by atoms with Crippen LogP contribution in [0.4, 0.5) is 5.82 Å². The molecule has 0 spiro atoms. The Morgan fingerprint density at radius 1 is 1.37 bits per heavy atom. The maximum Gasteiger partial charge on any atom is 0.130 e. The standard InChI is InChI=1S/C14H17N5/c1-10-18-13(12-8-16-9-12)5-14(19-10)17-7-11-3-2-4-15-6-11/h2-6,12,16H,7-9H2,1H3,(H,17,18,19). The first-order valence-electron chi connectivity index (χ1n) is 6.50. The van der Waals surface area contributed by atoms with Gasteiger partial charge in [0.1, 0.15) is 11.6 Å². The second kappa shape index (κ2) is 5.32. The Bertz CT molecular complexity index is 551.